The van der Waals surface area contributed by atoms with Gasteiger partial charge in [-0.05, 0) is 30.6 Å². The number of carboxylic acid groups (broad SMARTS) is 1. The highest BCUT2D eigenvalue weighted by Gasteiger charge is 2.05. The number of carbonyl (C=O) groups excluding carboxylic acids is 1. The molecule has 3 N–H and O–H groups in total. The van der Waals surface area contributed by atoms with Gasteiger partial charge in [0.25, 0.3) is 0 Å². The smallest absolute Gasteiger partial charge is 0.413 e. The lowest BCUT2D eigenvalue weighted by Gasteiger charge is -2.10. The molecule has 6 nitrogen and oxygen atoms in total. The van der Waals surface area contributed by atoms with Crippen LogP contribution in [0.4, 0.5) is 4.79 Å². The van der Waals surface area contributed by atoms with Crippen LogP contribution in [0.3, 0.4) is 0 Å². The maximum Gasteiger partial charge on any atom is 0.413 e. The monoisotopic (exact) mass is 324 g/mol. The molecular formula is C15H20N2O4S. The molecule has 0 aliphatic carbocycles. The summed E-state index contributed by atoms with van der Waals surface area (Å²) in [6.45, 7) is 0.766. The average molecular weight is 324 g/mol. The Hall–Kier alpha value is -2.15. The number of benzene rings is 1. The van der Waals surface area contributed by atoms with Crippen LogP contribution in [0.25, 0.3) is 0 Å². The first-order chi connectivity index (χ1) is 10.6. The molecule has 0 atom stereocenters. The number of amides is 1. The molecule has 0 heterocycles. The van der Waals surface area contributed by atoms with Gasteiger partial charge in [-0.1, -0.05) is 36.8 Å². The molecule has 0 fully saturated rings. The van der Waals surface area contributed by atoms with Crippen LogP contribution in [0.5, 0.6) is 0 Å². The highest BCUT2D eigenvalue weighted by Crippen LogP contribution is 2.00. The Morgan fingerprint density at radius 2 is 1.86 bits per heavy atom. The number of alkyl carbamates (subject to hydrolysis) is 1. The molecule has 0 aromatic heterocycles. The summed E-state index contributed by atoms with van der Waals surface area (Å²) in [4.78, 5) is 21.8. The lowest BCUT2D eigenvalue weighted by molar-refractivity contribution is -0.137. The molecule has 0 spiro atoms. The number of hydrogen-bond donors (Lipinski definition) is 3. The molecule has 0 saturated carbocycles. The lowest BCUT2D eigenvalue weighted by atomic mass is 10.2. The summed E-state index contributed by atoms with van der Waals surface area (Å²) in [7, 11) is 0. The van der Waals surface area contributed by atoms with Gasteiger partial charge in [0.1, 0.15) is 6.61 Å². The van der Waals surface area contributed by atoms with Gasteiger partial charge in [-0.25, -0.2) is 4.79 Å². The Labute approximate surface area is 134 Å². The van der Waals surface area contributed by atoms with E-state index in [0.29, 0.717) is 13.0 Å². The van der Waals surface area contributed by atoms with E-state index < -0.39 is 12.1 Å². The summed E-state index contributed by atoms with van der Waals surface area (Å²) in [6.07, 6.45) is 1.78. The molecule has 1 rings (SSSR count). The van der Waals surface area contributed by atoms with E-state index >= 15 is 0 Å². The number of hydrogen-bond acceptors (Lipinski definition) is 4. The van der Waals surface area contributed by atoms with Gasteiger partial charge in [-0.15, -0.1) is 0 Å². The zero-order chi connectivity index (χ0) is 16.2. The second kappa shape index (κ2) is 10.6. The molecule has 0 aliphatic heterocycles. The predicted molar refractivity (Wildman–Crippen MR) is 86.5 cm³/mol. The molecule has 1 aromatic carbocycles. The van der Waals surface area contributed by atoms with Crippen LogP contribution in [0.1, 0.15) is 31.2 Å². The van der Waals surface area contributed by atoms with E-state index in [0.717, 1.165) is 18.4 Å². The number of unbranched alkanes of at least 4 members (excludes halogenated alkanes) is 2. The van der Waals surface area contributed by atoms with E-state index in [1.54, 1.807) is 0 Å². The van der Waals surface area contributed by atoms with Gasteiger partial charge in [0.05, 0.1) is 0 Å². The third-order valence-electron chi connectivity index (χ3n) is 2.78. The molecule has 0 unspecified atom stereocenters. The number of carboxylic acids is 1. The van der Waals surface area contributed by atoms with Crippen molar-refractivity contribution in [2.24, 2.45) is 0 Å². The lowest BCUT2D eigenvalue weighted by Crippen LogP contribution is -2.39. The highest BCUT2D eigenvalue weighted by atomic mass is 32.1. The van der Waals surface area contributed by atoms with Crippen LogP contribution < -0.4 is 10.6 Å². The summed E-state index contributed by atoms with van der Waals surface area (Å²) in [6, 6.07) is 9.35. The van der Waals surface area contributed by atoms with E-state index in [1.165, 1.54) is 0 Å². The summed E-state index contributed by atoms with van der Waals surface area (Å²) in [5.41, 5.74) is 0.898. The van der Waals surface area contributed by atoms with Crippen molar-refractivity contribution in [3.8, 4) is 0 Å². The fraction of sp³-hybridized carbons (Fsp3) is 0.400. The number of ether oxygens (including phenoxy) is 1. The largest absolute Gasteiger partial charge is 0.481 e. The summed E-state index contributed by atoms with van der Waals surface area (Å²) < 4.78 is 5.03. The molecule has 1 amide bonds. The molecule has 120 valence electrons. The minimum Gasteiger partial charge on any atom is -0.481 e. The van der Waals surface area contributed by atoms with Crippen LogP contribution >= 0.6 is 12.2 Å². The Kier molecular flexibility index (Phi) is 8.59. The highest BCUT2D eigenvalue weighted by molar-refractivity contribution is 7.80. The molecule has 0 bridgehead atoms. The van der Waals surface area contributed by atoms with Crippen molar-refractivity contribution in [2.45, 2.75) is 32.3 Å². The molecule has 0 aliphatic rings. The van der Waals surface area contributed by atoms with Crippen molar-refractivity contribution in [2.75, 3.05) is 6.54 Å². The second-order valence-electron chi connectivity index (χ2n) is 4.65. The van der Waals surface area contributed by atoms with E-state index in [1.807, 2.05) is 30.3 Å². The maximum absolute atomic E-state index is 11.5. The summed E-state index contributed by atoms with van der Waals surface area (Å²) >= 11 is 4.96. The van der Waals surface area contributed by atoms with E-state index in [-0.39, 0.29) is 18.1 Å². The Morgan fingerprint density at radius 3 is 2.55 bits per heavy atom. The van der Waals surface area contributed by atoms with Gasteiger partial charge in [0.15, 0.2) is 5.11 Å². The van der Waals surface area contributed by atoms with Crippen LogP contribution in [0.2, 0.25) is 0 Å². The van der Waals surface area contributed by atoms with Gasteiger partial charge < -0.3 is 15.2 Å². The summed E-state index contributed by atoms with van der Waals surface area (Å²) in [5, 5.41) is 14.0. The molecule has 22 heavy (non-hydrogen) atoms. The van der Waals surface area contributed by atoms with E-state index in [4.69, 9.17) is 22.1 Å². The van der Waals surface area contributed by atoms with Crippen molar-refractivity contribution >= 4 is 29.4 Å². The minimum atomic E-state index is -0.786. The number of thiocarbonyl (C=S) groups is 1. The first-order valence-corrected chi connectivity index (χ1v) is 7.46. The molecule has 1 aromatic rings. The SMILES string of the molecule is O=C(O)CCCCCNC(=S)NC(=O)OCc1ccccc1. The third-order valence-corrected chi connectivity index (χ3v) is 3.03. The molecule has 7 heteroatoms. The molecule has 0 saturated heterocycles. The average Bonchev–Trinajstić information content (AvgIpc) is 2.49. The number of rotatable bonds is 8. The zero-order valence-corrected chi connectivity index (χ0v) is 13.0. The van der Waals surface area contributed by atoms with Crippen LogP contribution in [-0.2, 0) is 16.1 Å². The third kappa shape index (κ3) is 8.91. The van der Waals surface area contributed by atoms with Gasteiger partial charge in [0, 0.05) is 13.0 Å². The van der Waals surface area contributed by atoms with Gasteiger partial charge in [-0.3, -0.25) is 10.1 Å². The topological polar surface area (TPSA) is 87.7 Å². The van der Waals surface area contributed by atoms with Gasteiger partial charge in [-0.2, -0.15) is 0 Å². The Morgan fingerprint density at radius 1 is 1.14 bits per heavy atom. The molecular weight excluding hydrogens is 304 g/mol. The minimum absolute atomic E-state index is 0.175. The maximum atomic E-state index is 11.5. The first kappa shape index (κ1) is 17.9. The fourth-order valence-corrected chi connectivity index (χ4v) is 1.86. The Bertz CT molecular complexity index is 494. The van der Waals surface area contributed by atoms with Gasteiger partial charge >= 0.3 is 12.1 Å². The zero-order valence-electron chi connectivity index (χ0n) is 12.2. The van der Waals surface area contributed by atoms with Crippen LogP contribution in [0.15, 0.2) is 30.3 Å². The number of aliphatic carboxylic acids is 1. The number of carbonyl (C=O) groups is 2. The van der Waals surface area contributed by atoms with Crippen LogP contribution in [-0.4, -0.2) is 28.8 Å². The second-order valence-corrected chi connectivity index (χ2v) is 5.06. The van der Waals surface area contributed by atoms with Crippen molar-refractivity contribution in [3.63, 3.8) is 0 Å². The van der Waals surface area contributed by atoms with Crippen molar-refractivity contribution in [1.82, 2.24) is 10.6 Å². The van der Waals surface area contributed by atoms with Crippen molar-refractivity contribution in [1.29, 1.82) is 0 Å². The first-order valence-electron chi connectivity index (χ1n) is 7.05. The van der Waals surface area contributed by atoms with Crippen molar-refractivity contribution < 1.29 is 19.4 Å². The number of nitrogens with one attached hydrogen (secondary N) is 2. The Balaban J connectivity index is 2.06. The standard InChI is InChI=1S/C15H20N2O4S/c18-13(19)9-5-2-6-10-16-14(22)17-15(20)21-11-12-7-3-1-4-8-12/h1,3-4,7-8H,2,5-6,9-11H2,(H,18,19)(H2,16,17,20,22). The van der Waals surface area contributed by atoms with E-state index in [9.17, 15) is 9.59 Å². The summed E-state index contributed by atoms with van der Waals surface area (Å²) in [5.74, 6) is -0.786. The van der Waals surface area contributed by atoms with Gasteiger partial charge in [0.2, 0.25) is 0 Å². The van der Waals surface area contributed by atoms with Crippen molar-refractivity contribution in [3.05, 3.63) is 35.9 Å². The molecule has 0 radical (unpaired) electrons. The quantitative estimate of drug-likeness (QED) is 0.503. The predicted octanol–water partition coefficient (Wildman–Crippen LogP) is 2.43. The fourth-order valence-electron chi connectivity index (χ4n) is 1.68. The van der Waals surface area contributed by atoms with E-state index in [2.05, 4.69) is 10.6 Å². The van der Waals surface area contributed by atoms with Crippen LogP contribution in [0, 0.1) is 0 Å². The normalized spacial score (nSPS) is 9.82.